The van der Waals surface area contributed by atoms with Crippen molar-refractivity contribution in [2.24, 2.45) is 0 Å². The van der Waals surface area contributed by atoms with E-state index in [1.807, 2.05) is 38.1 Å². The highest BCUT2D eigenvalue weighted by Crippen LogP contribution is 2.09. The molecule has 2 N–H and O–H groups in total. The number of carbonyl (C=O) groups is 1. The predicted octanol–water partition coefficient (Wildman–Crippen LogP) is 3.11. The number of halogens is 1. The van der Waals surface area contributed by atoms with E-state index in [2.05, 4.69) is 10.6 Å². The van der Waals surface area contributed by atoms with E-state index in [-0.39, 0.29) is 6.03 Å². The summed E-state index contributed by atoms with van der Waals surface area (Å²) in [5, 5.41) is 6.14. The Hall–Kier alpha value is -1.48. The van der Waals surface area contributed by atoms with E-state index in [1.54, 1.807) is 6.20 Å². The summed E-state index contributed by atoms with van der Waals surface area (Å²) >= 11 is 5.78. The smallest absolute Gasteiger partial charge is 0.318 e. The van der Waals surface area contributed by atoms with Crippen LogP contribution in [0.15, 0.2) is 36.0 Å². The molecule has 0 aromatic heterocycles. The number of carbonyl (C=O) groups excluding carboxylic acids is 1. The summed E-state index contributed by atoms with van der Waals surface area (Å²) in [5.41, 5.74) is 2.20. The Labute approximate surface area is 107 Å². The maximum absolute atomic E-state index is 11.3. The number of hydrogen-bond donors (Lipinski definition) is 2. The second-order valence-electron chi connectivity index (χ2n) is 4.00. The summed E-state index contributed by atoms with van der Waals surface area (Å²) < 4.78 is 0. The monoisotopic (exact) mass is 252 g/mol. The topological polar surface area (TPSA) is 41.1 Å². The van der Waals surface area contributed by atoms with Crippen molar-refractivity contribution in [1.82, 2.24) is 10.6 Å². The Morgan fingerprint density at radius 2 is 1.94 bits per heavy atom. The van der Waals surface area contributed by atoms with E-state index in [0.717, 1.165) is 22.6 Å². The molecule has 1 aromatic carbocycles. The maximum Gasteiger partial charge on any atom is 0.318 e. The Morgan fingerprint density at radius 1 is 1.29 bits per heavy atom. The largest absolute Gasteiger partial charge is 0.338 e. The molecule has 1 rings (SSSR count). The SMILES string of the molecule is CC(C)=CNC(=O)NCCc1ccc(Cl)cc1. The second-order valence-corrected chi connectivity index (χ2v) is 4.43. The number of allylic oxidation sites excluding steroid dienone is 1. The number of hydrogen-bond acceptors (Lipinski definition) is 1. The average Bonchev–Trinajstić information content (AvgIpc) is 2.29. The molecule has 3 nitrogen and oxygen atoms in total. The number of benzene rings is 1. The third-order valence-corrected chi connectivity index (χ3v) is 2.36. The summed E-state index contributed by atoms with van der Waals surface area (Å²) in [6, 6.07) is 7.43. The molecule has 2 amide bonds. The van der Waals surface area contributed by atoms with Crippen molar-refractivity contribution >= 4 is 17.6 Å². The summed E-state index contributed by atoms with van der Waals surface area (Å²) in [5.74, 6) is 0. The fraction of sp³-hybridized carbons (Fsp3) is 0.308. The van der Waals surface area contributed by atoms with Crippen LogP contribution in [0, 0.1) is 0 Å². The minimum Gasteiger partial charge on any atom is -0.338 e. The number of urea groups is 1. The van der Waals surface area contributed by atoms with Gasteiger partial charge in [0.1, 0.15) is 0 Å². The Kier molecular flexibility index (Phi) is 5.57. The fourth-order valence-electron chi connectivity index (χ4n) is 1.23. The first-order chi connectivity index (χ1) is 8.08. The molecular formula is C13H17ClN2O. The number of rotatable bonds is 4. The summed E-state index contributed by atoms with van der Waals surface area (Å²) in [6.45, 7) is 4.45. The molecule has 0 saturated carbocycles. The quantitative estimate of drug-likeness (QED) is 0.850. The average molecular weight is 253 g/mol. The van der Waals surface area contributed by atoms with Gasteiger partial charge in [0, 0.05) is 17.8 Å². The molecule has 0 saturated heterocycles. The van der Waals surface area contributed by atoms with E-state index >= 15 is 0 Å². The van der Waals surface area contributed by atoms with E-state index in [0.29, 0.717) is 6.54 Å². The fourth-order valence-corrected chi connectivity index (χ4v) is 1.36. The molecule has 0 aliphatic carbocycles. The van der Waals surface area contributed by atoms with Gasteiger partial charge in [-0.05, 0) is 38.0 Å². The van der Waals surface area contributed by atoms with Gasteiger partial charge in [0.2, 0.25) is 0 Å². The van der Waals surface area contributed by atoms with Gasteiger partial charge in [0.05, 0.1) is 0 Å². The van der Waals surface area contributed by atoms with Gasteiger partial charge in [0.25, 0.3) is 0 Å². The lowest BCUT2D eigenvalue weighted by atomic mass is 10.1. The molecule has 0 fully saturated rings. The van der Waals surface area contributed by atoms with Gasteiger partial charge in [-0.15, -0.1) is 0 Å². The van der Waals surface area contributed by atoms with Crippen LogP contribution >= 0.6 is 11.6 Å². The number of amides is 2. The Bertz CT molecular complexity index is 394. The van der Waals surface area contributed by atoms with Crippen molar-refractivity contribution < 1.29 is 4.79 Å². The molecule has 17 heavy (non-hydrogen) atoms. The zero-order chi connectivity index (χ0) is 12.7. The predicted molar refractivity (Wildman–Crippen MR) is 71.1 cm³/mol. The van der Waals surface area contributed by atoms with Crippen LogP contribution in [0.25, 0.3) is 0 Å². The lowest BCUT2D eigenvalue weighted by Gasteiger charge is -2.05. The van der Waals surface area contributed by atoms with Crippen molar-refractivity contribution in [3.63, 3.8) is 0 Å². The van der Waals surface area contributed by atoms with Crippen LogP contribution in [0.1, 0.15) is 19.4 Å². The minimum atomic E-state index is -0.180. The van der Waals surface area contributed by atoms with Crippen LogP contribution in [0.3, 0.4) is 0 Å². The van der Waals surface area contributed by atoms with Crippen molar-refractivity contribution in [2.75, 3.05) is 6.54 Å². The zero-order valence-electron chi connectivity index (χ0n) is 10.1. The van der Waals surface area contributed by atoms with Crippen LogP contribution in [-0.2, 0) is 6.42 Å². The van der Waals surface area contributed by atoms with Crippen LogP contribution in [-0.4, -0.2) is 12.6 Å². The molecule has 0 aliphatic heterocycles. The minimum absolute atomic E-state index is 0.180. The van der Waals surface area contributed by atoms with Crippen LogP contribution < -0.4 is 10.6 Å². The molecule has 0 heterocycles. The van der Waals surface area contributed by atoms with Crippen molar-refractivity contribution in [3.8, 4) is 0 Å². The molecule has 0 atom stereocenters. The normalized spacial score (nSPS) is 9.59. The molecule has 0 aliphatic rings. The van der Waals surface area contributed by atoms with Gasteiger partial charge in [-0.1, -0.05) is 29.3 Å². The highest BCUT2D eigenvalue weighted by Gasteiger charge is 1.97. The van der Waals surface area contributed by atoms with Gasteiger partial charge >= 0.3 is 6.03 Å². The summed E-state index contributed by atoms with van der Waals surface area (Å²) in [4.78, 5) is 11.3. The third-order valence-electron chi connectivity index (χ3n) is 2.10. The maximum atomic E-state index is 11.3. The molecule has 0 radical (unpaired) electrons. The summed E-state index contributed by atoms with van der Waals surface area (Å²) in [7, 11) is 0. The van der Waals surface area contributed by atoms with Gasteiger partial charge in [-0.3, -0.25) is 0 Å². The lowest BCUT2D eigenvalue weighted by Crippen LogP contribution is -2.33. The van der Waals surface area contributed by atoms with Crippen LogP contribution in [0.5, 0.6) is 0 Å². The van der Waals surface area contributed by atoms with Crippen molar-refractivity contribution in [3.05, 3.63) is 46.6 Å². The van der Waals surface area contributed by atoms with E-state index < -0.39 is 0 Å². The third kappa shape index (κ3) is 5.97. The lowest BCUT2D eigenvalue weighted by molar-refractivity contribution is 0.244. The van der Waals surface area contributed by atoms with Crippen molar-refractivity contribution in [1.29, 1.82) is 0 Å². The van der Waals surface area contributed by atoms with Gasteiger partial charge in [0.15, 0.2) is 0 Å². The molecule has 0 unspecified atom stereocenters. The molecule has 92 valence electrons. The molecule has 0 spiro atoms. The van der Waals surface area contributed by atoms with E-state index in [9.17, 15) is 4.79 Å². The molecule has 1 aromatic rings. The van der Waals surface area contributed by atoms with Gasteiger partial charge in [-0.2, -0.15) is 0 Å². The summed E-state index contributed by atoms with van der Waals surface area (Å²) in [6.07, 6.45) is 2.47. The van der Waals surface area contributed by atoms with Crippen LogP contribution in [0.2, 0.25) is 5.02 Å². The van der Waals surface area contributed by atoms with E-state index in [1.165, 1.54) is 0 Å². The first kappa shape index (κ1) is 13.6. The Morgan fingerprint density at radius 3 is 2.53 bits per heavy atom. The highest BCUT2D eigenvalue weighted by atomic mass is 35.5. The first-order valence-electron chi connectivity index (χ1n) is 5.50. The Balaban J connectivity index is 2.26. The molecule has 0 bridgehead atoms. The standard InChI is InChI=1S/C13H17ClN2O/c1-10(2)9-16-13(17)15-8-7-11-3-5-12(14)6-4-11/h3-6,9H,7-8H2,1-2H3,(H2,15,16,17). The van der Waals surface area contributed by atoms with E-state index in [4.69, 9.17) is 11.6 Å². The van der Waals surface area contributed by atoms with Gasteiger partial charge < -0.3 is 10.6 Å². The highest BCUT2D eigenvalue weighted by molar-refractivity contribution is 6.30. The first-order valence-corrected chi connectivity index (χ1v) is 5.88. The van der Waals surface area contributed by atoms with Gasteiger partial charge in [-0.25, -0.2) is 4.79 Å². The van der Waals surface area contributed by atoms with Crippen LogP contribution in [0.4, 0.5) is 4.79 Å². The van der Waals surface area contributed by atoms with Crippen molar-refractivity contribution in [2.45, 2.75) is 20.3 Å². The molecular weight excluding hydrogens is 236 g/mol. The molecule has 4 heteroatoms. The number of nitrogens with one attached hydrogen (secondary N) is 2. The zero-order valence-corrected chi connectivity index (χ0v) is 10.8. The second kappa shape index (κ2) is 6.97.